The average molecular weight is 362 g/mol. The number of hydrogen-bond acceptors (Lipinski definition) is 5. The van der Waals surface area contributed by atoms with Gasteiger partial charge in [0.15, 0.2) is 5.69 Å². The SMILES string of the molecule is COc1ccccc1CNc1ccc(C(=O)Nc2cc(C)ccc2C)nn1. The van der Waals surface area contributed by atoms with Crippen molar-refractivity contribution < 1.29 is 9.53 Å². The van der Waals surface area contributed by atoms with E-state index in [0.717, 1.165) is 28.1 Å². The van der Waals surface area contributed by atoms with Crippen LogP contribution in [0.3, 0.4) is 0 Å². The van der Waals surface area contributed by atoms with Gasteiger partial charge in [0.2, 0.25) is 0 Å². The van der Waals surface area contributed by atoms with Gasteiger partial charge < -0.3 is 15.4 Å². The standard InChI is InChI=1S/C21H22N4O2/c1-14-8-9-15(2)18(12-14)23-21(26)17-10-11-20(25-24-17)22-13-16-6-4-5-7-19(16)27-3/h4-12H,13H2,1-3H3,(H,22,25)(H,23,26). The van der Waals surface area contributed by atoms with Gasteiger partial charge >= 0.3 is 0 Å². The molecule has 138 valence electrons. The number of hydrogen-bond donors (Lipinski definition) is 2. The van der Waals surface area contributed by atoms with E-state index < -0.39 is 0 Å². The highest BCUT2D eigenvalue weighted by atomic mass is 16.5. The molecule has 0 aliphatic carbocycles. The molecule has 1 amide bonds. The van der Waals surface area contributed by atoms with Crippen molar-refractivity contribution in [2.75, 3.05) is 17.7 Å². The van der Waals surface area contributed by atoms with Gasteiger partial charge in [-0.15, -0.1) is 10.2 Å². The van der Waals surface area contributed by atoms with Gasteiger partial charge in [-0.05, 0) is 49.2 Å². The molecule has 0 bridgehead atoms. The number of rotatable bonds is 6. The lowest BCUT2D eigenvalue weighted by atomic mass is 10.1. The Morgan fingerprint density at radius 1 is 1.04 bits per heavy atom. The van der Waals surface area contributed by atoms with Gasteiger partial charge in [-0.1, -0.05) is 30.3 Å². The molecular weight excluding hydrogens is 340 g/mol. The molecule has 27 heavy (non-hydrogen) atoms. The second-order valence-electron chi connectivity index (χ2n) is 6.24. The highest BCUT2D eigenvalue weighted by Crippen LogP contribution is 2.19. The van der Waals surface area contributed by atoms with Gasteiger partial charge in [-0.3, -0.25) is 4.79 Å². The van der Waals surface area contributed by atoms with Crippen LogP contribution in [0.15, 0.2) is 54.6 Å². The van der Waals surface area contributed by atoms with Crippen LogP contribution in [0, 0.1) is 13.8 Å². The summed E-state index contributed by atoms with van der Waals surface area (Å²) in [5, 5.41) is 14.2. The van der Waals surface area contributed by atoms with Crippen LogP contribution in [-0.2, 0) is 6.54 Å². The van der Waals surface area contributed by atoms with E-state index in [1.165, 1.54) is 0 Å². The van der Waals surface area contributed by atoms with Crippen LogP contribution < -0.4 is 15.4 Å². The van der Waals surface area contributed by atoms with Gasteiger partial charge in [-0.25, -0.2) is 0 Å². The predicted octanol–water partition coefficient (Wildman–Crippen LogP) is 3.97. The summed E-state index contributed by atoms with van der Waals surface area (Å²) in [7, 11) is 1.64. The first-order valence-corrected chi connectivity index (χ1v) is 8.65. The number of nitrogens with one attached hydrogen (secondary N) is 2. The minimum Gasteiger partial charge on any atom is -0.496 e. The van der Waals surface area contributed by atoms with E-state index in [9.17, 15) is 4.79 Å². The third-order valence-electron chi connectivity index (χ3n) is 4.19. The quantitative estimate of drug-likeness (QED) is 0.694. The first-order chi connectivity index (χ1) is 13.1. The Hall–Kier alpha value is -3.41. The molecule has 6 nitrogen and oxygen atoms in total. The van der Waals surface area contributed by atoms with E-state index in [-0.39, 0.29) is 11.6 Å². The lowest BCUT2D eigenvalue weighted by Crippen LogP contribution is -2.15. The number of methoxy groups -OCH3 is 1. The molecule has 0 fully saturated rings. The zero-order valence-electron chi connectivity index (χ0n) is 15.6. The fraction of sp³-hybridized carbons (Fsp3) is 0.190. The molecule has 2 aromatic carbocycles. The molecule has 0 aliphatic heterocycles. The Morgan fingerprint density at radius 2 is 1.85 bits per heavy atom. The molecule has 0 unspecified atom stereocenters. The molecule has 2 N–H and O–H groups in total. The number of carbonyl (C=O) groups is 1. The van der Waals surface area contributed by atoms with Gasteiger partial charge in [0, 0.05) is 17.8 Å². The van der Waals surface area contributed by atoms with Crippen molar-refractivity contribution in [2.45, 2.75) is 20.4 Å². The van der Waals surface area contributed by atoms with Crippen LogP contribution in [0.4, 0.5) is 11.5 Å². The first-order valence-electron chi connectivity index (χ1n) is 8.65. The minimum atomic E-state index is -0.285. The molecular formula is C21H22N4O2. The molecule has 1 aromatic heterocycles. The molecule has 6 heteroatoms. The highest BCUT2D eigenvalue weighted by molar-refractivity contribution is 6.03. The Bertz CT molecular complexity index is 939. The number of aromatic nitrogens is 2. The fourth-order valence-corrected chi connectivity index (χ4v) is 2.64. The van der Waals surface area contributed by atoms with E-state index in [1.807, 2.05) is 56.3 Å². The molecule has 0 saturated heterocycles. The van der Waals surface area contributed by atoms with Crippen molar-refractivity contribution in [1.29, 1.82) is 0 Å². The van der Waals surface area contributed by atoms with Crippen LogP contribution >= 0.6 is 0 Å². The van der Waals surface area contributed by atoms with E-state index in [1.54, 1.807) is 19.2 Å². The topological polar surface area (TPSA) is 76.1 Å². The Balaban J connectivity index is 1.64. The van der Waals surface area contributed by atoms with Crippen LogP contribution in [0.1, 0.15) is 27.2 Å². The van der Waals surface area contributed by atoms with Crippen molar-refractivity contribution in [3.63, 3.8) is 0 Å². The number of para-hydroxylation sites is 1. The summed E-state index contributed by atoms with van der Waals surface area (Å²) in [5.74, 6) is 1.11. The summed E-state index contributed by atoms with van der Waals surface area (Å²) in [6.07, 6.45) is 0. The maximum absolute atomic E-state index is 12.4. The molecule has 0 aliphatic rings. The van der Waals surface area contributed by atoms with Crippen LogP contribution in [0.5, 0.6) is 5.75 Å². The fourth-order valence-electron chi connectivity index (χ4n) is 2.64. The number of amides is 1. The summed E-state index contributed by atoms with van der Waals surface area (Å²) in [6.45, 7) is 4.48. The van der Waals surface area contributed by atoms with E-state index in [4.69, 9.17) is 4.74 Å². The molecule has 3 rings (SSSR count). The smallest absolute Gasteiger partial charge is 0.276 e. The van der Waals surface area contributed by atoms with E-state index in [0.29, 0.717) is 12.4 Å². The number of nitrogens with zero attached hydrogens (tertiary/aromatic N) is 2. The van der Waals surface area contributed by atoms with Crippen molar-refractivity contribution >= 4 is 17.4 Å². The molecule has 0 atom stereocenters. The lowest BCUT2D eigenvalue weighted by molar-refractivity contribution is 0.102. The summed E-state index contributed by atoms with van der Waals surface area (Å²) < 4.78 is 5.33. The van der Waals surface area contributed by atoms with Crippen LogP contribution in [0.2, 0.25) is 0 Å². The van der Waals surface area contributed by atoms with Crippen molar-refractivity contribution in [1.82, 2.24) is 10.2 Å². The minimum absolute atomic E-state index is 0.263. The van der Waals surface area contributed by atoms with Gasteiger partial charge in [0.1, 0.15) is 11.6 Å². The van der Waals surface area contributed by atoms with Crippen molar-refractivity contribution in [3.05, 3.63) is 77.0 Å². The summed E-state index contributed by atoms with van der Waals surface area (Å²) in [5.41, 5.74) is 4.13. The van der Waals surface area contributed by atoms with Crippen molar-refractivity contribution in [3.8, 4) is 5.75 Å². The second kappa shape index (κ2) is 8.31. The number of aryl methyl sites for hydroxylation is 2. The Morgan fingerprint density at radius 3 is 2.59 bits per heavy atom. The van der Waals surface area contributed by atoms with Gasteiger partial charge in [-0.2, -0.15) is 0 Å². The zero-order chi connectivity index (χ0) is 19.2. The average Bonchev–Trinajstić information content (AvgIpc) is 2.69. The van der Waals surface area contributed by atoms with Crippen molar-refractivity contribution in [2.24, 2.45) is 0 Å². The second-order valence-corrected chi connectivity index (χ2v) is 6.24. The normalized spacial score (nSPS) is 10.3. The Labute approximate surface area is 158 Å². The van der Waals surface area contributed by atoms with E-state index >= 15 is 0 Å². The number of benzene rings is 2. The summed E-state index contributed by atoms with van der Waals surface area (Å²) in [6, 6.07) is 17.1. The third-order valence-corrected chi connectivity index (χ3v) is 4.19. The largest absolute Gasteiger partial charge is 0.496 e. The Kier molecular flexibility index (Phi) is 5.66. The van der Waals surface area contributed by atoms with Crippen LogP contribution in [-0.4, -0.2) is 23.2 Å². The molecule has 3 aromatic rings. The number of ether oxygens (including phenoxy) is 1. The molecule has 0 radical (unpaired) electrons. The number of carbonyl (C=O) groups excluding carboxylic acids is 1. The van der Waals surface area contributed by atoms with Gasteiger partial charge in [0.05, 0.1) is 7.11 Å². The monoisotopic (exact) mass is 362 g/mol. The van der Waals surface area contributed by atoms with Gasteiger partial charge in [0.25, 0.3) is 5.91 Å². The summed E-state index contributed by atoms with van der Waals surface area (Å²) >= 11 is 0. The number of anilines is 2. The predicted molar refractivity (Wildman–Crippen MR) is 106 cm³/mol. The summed E-state index contributed by atoms with van der Waals surface area (Å²) in [4.78, 5) is 12.4. The third kappa shape index (κ3) is 4.61. The van der Waals surface area contributed by atoms with E-state index in [2.05, 4.69) is 20.8 Å². The highest BCUT2D eigenvalue weighted by Gasteiger charge is 2.10. The molecule has 1 heterocycles. The molecule has 0 saturated carbocycles. The maximum atomic E-state index is 12.4. The molecule has 0 spiro atoms. The zero-order valence-corrected chi connectivity index (χ0v) is 15.6. The van der Waals surface area contributed by atoms with Crippen LogP contribution in [0.25, 0.3) is 0 Å². The first kappa shape index (κ1) is 18.4. The maximum Gasteiger partial charge on any atom is 0.276 e. The lowest BCUT2D eigenvalue weighted by Gasteiger charge is -2.10.